The fourth-order valence-corrected chi connectivity index (χ4v) is 7.73. The third-order valence-corrected chi connectivity index (χ3v) is 10.3. The molecule has 0 fully saturated rings. The number of hydrogen-bond donors (Lipinski definition) is 0. The molecule has 0 saturated carbocycles. The number of nitrogens with zero attached hydrogens (tertiary/aromatic N) is 1. The van der Waals surface area contributed by atoms with Crippen molar-refractivity contribution in [1.82, 2.24) is 0 Å². The number of benzene rings is 9. The second-order valence-corrected chi connectivity index (χ2v) is 13.3. The largest absolute Gasteiger partial charge is 0.455 e. The summed E-state index contributed by atoms with van der Waals surface area (Å²) in [5.74, 6) is 0. The molecule has 244 valence electrons. The molecule has 1 heterocycles. The highest BCUT2D eigenvalue weighted by molar-refractivity contribution is 6.14. The molecule has 0 saturated heterocycles. The lowest BCUT2D eigenvalue weighted by molar-refractivity contribution is 0.670. The molecule has 10 rings (SSSR count). The highest BCUT2D eigenvalue weighted by Gasteiger charge is 2.16. The second-order valence-electron chi connectivity index (χ2n) is 13.3. The van der Waals surface area contributed by atoms with Crippen LogP contribution in [0.15, 0.2) is 205 Å². The van der Waals surface area contributed by atoms with E-state index in [1.54, 1.807) is 0 Å². The number of fused-ring (bicyclic) bond motifs is 6. The van der Waals surface area contributed by atoms with Gasteiger partial charge < -0.3 is 9.32 Å². The van der Waals surface area contributed by atoms with Gasteiger partial charge in [0.15, 0.2) is 0 Å². The molecule has 10 aromatic rings. The molecule has 52 heavy (non-hydrogen) atoms. The van der Waals surface area contributed by atoms with Crippen molar-refractivity contribution in [3.63, 3.8) is 0 Å². The molecule has 0 aliphatic rings. The molecule has 0 atom stereocenters. The van der Waals surface area contributed by atoms with Crippen molar-refractivity contribution in [1.29, 1.82) is 0 Å². The Balaban J connectivity index is 1.07. The maximum atomic E-state index is 6.39. The molecule has 2 nitrogen and oxygen atoms in total. The zero-order chi connectivity index (χ0) is 34.4. The van der Waals surface area contributed by atoms with E-state index in [4.69, 9.17) is 4.42 Å². The first-order valence-electron chi connectivity index (χ1n) is 17.8. The molecule has 0 spiro atoms. The van der Waals surface area contributed by atoms with E-state index in [9.17, 15) is 0 Å². The van der Waals surface area contributed by atoms with Gasteiger partial charge >= 0.3 is 0 Å². The Morgan fingerprint density at radius 2 is 0.808 bits per heavy atom. The molecular weight excluding hydrogens is 631 g/mol. The quantitative estimate of drug-likeness (QED) is 0.165. The zero-order valence-corrected chi connectivity index (χ0v) is 28.4. The van der Waals surface area contributed by atoms with Crippen LogP contribution in [0.5, 0.6) is 0 Å². The first-order chi connectivity index (χ1) is 25.8. The van der Waals surface area contributed by atoms with Crippen molar-refractivity contribution in [2.75, 3.05) is 4.90 Å². The number of hydrogen-bond acceptors (Lipinski definition) is 2. The van der Waals surface area contributed by atoms with Crippen LogP contribution in [-0.2, 0) is 0 Å². The van der Waals surface area contributed by atoms with Crippen LogP contribution in [0.3, 0.4) is 0 Å². The number of anilines is 3. The van der Waals surface area contributed by atoms with Crippen LogP contribution in [-0.4, -0.2) is 0 Å². The van der Waals surface area contributed by atoms with Crippen molar-refractivity contribution < 1.29 is 4.42 Å². The molecule has 0 aliphatic carbocycles. The molecule has 0 aliphatic heterocycles. The minimum Gasteiger partial charge on any atom is -0.455 e. The fraction of sp³-hybridized carbons (Fsp3) is 0. The summed E-state index contributed by atoms with van der Waals surface area (Å²) in [6.07, 6.45) is 0. The highest BCUT2D eigenvalue weighted by atomic mass is 16.3. The van der Waals surface area contributed by atoms with Crippen molar-refractivity contribution in [3.05, 3.63) is 200 Å². The molecule has 0 amide bonds. The summed E-state index contributed by atoms with van der Waals surface area (Å²) in [6.45, 7) is 0. The topological polar surface area (TPSA) is 16.4 Å². The van der Waals surface area contributed by atoms with Crippen molar-refractivity contribution in [2.24, 2.45) is 0 Å². The first kappa shape index (κ1) is 30.0. The Hall–Kier alpha value is -6.90. The lowest BCUT2D eigenvalue weighted by Crippen LogP contribution is -2.09. The smallest absolute Gasteiger partial charge is 0.143 e. The SMILES string of the molecule is c1ccc(-c2ccc(N(c3ccc(-c4cc5ccccc5c5ccccc45)cc3)c3ccc(-c4cccc5c4oc4ccccc45)cc3)cc2)cc1. The van der Waals surface area contributed by atoms with Crippen molar-refractivity contribution >= 4 is 60.5 Å². The summed E-state index contributed by atoms with van der Waals surface area (Å²) in [5.41, 5.74) is 12.1. The lowest BCUT2D eigenvalue weighted by Gasteiger charge is -2.26. The van der Waals surface area contributed by atoms with E-state index >= 15 is 0 Å². The van der Waals surface area contributed by atoms with Gasteiger partial charge in [0.25, 0.3) is 0 Å². The van der Waals surface area contributed by atoms with Crippen molar-refractivity contribution in [3.8, 4) is 33.4 Å². The van der Waals surface area contributed by atoms with Crippen LogP contribution in [0.25, 0.3) is 76.9 Å². The van der Waals surface area contributed by atoms with Crippen molar-refractivity contribution in [2.45, 2.75) is 0 Å². The molecular formula is C50H33NO. The van der Waals surface area contributed by atoms with Crippen LogP contribution < -0.4 is 4.90 Å². The molecule has 0 radical (unpaired) electrons. The van der Waals surface area contributed by atoms with Crippen LogP contribution in [0.4, 0.5) is 17.1 Å². The van der Waals surface area contributed by atoms with E-state index in [-0.39, 0.29) is 0 Å². The highest BCUT2D eigenvalue weighted by Crippen LogP contribution is 2.41. The van der Waals surface area contributed by atoms with Crippen LogP contribution >= 0.6 is 0 Å². The van der Waals surface area contributed by atoms with Crippen LogP contribution in [0.1, 0.15) is 0 Å². The van der Waals surface area contributed by atoms with E-state index in [1.165, 1.54) is 43.8 Å². The van der Waals surface area contributed by atoms with E-state index < -0.39 is 0 Å². The lowest BCUT2D eigenvalue weighted by atomic mass is 9.93. The van der Waals surface area contributed by atoms with Crippen LogP contribution in [0, 0.1) is 0 Å². The van der Waals surface area contributed by atoms with Gasteiger partial charge in [-0.15, -0.1) is 0 Å². The minimum atomic E-state index is 0.909. The Morgan fingerprint density at radius 3 is 1.50 bits per heavy atom. The molecule has 9 aromatic carbocycles. The Morgan fingerprint density at radius 1 is 0.308 bits per heavy atom. The maximum Gasteiger partial charge on any atom is 0.143 e. The van der Waals surface area contributed by atoms with Gasteiger partial charge in [-0.2, -0.15) is 0 Å². The van der Waals surface area contributed by atoms with Gasteiger partial charge in [-0.1, -0.05) is 152 Å². The van der Waals surface area contributed by atoms with Gasteiger partial charge in [0.1, 0.15) is 11.2 Å². The first-order valence-corrected chi connectivity index (χ1v) is 17.8. The van der Waals surface area contributed by atoms with E-state index in [0.717, 1.165) is 50.1 Å². The number of para-hydroxylation sites is 2. The van der Waals surface area contributed by atoms with Gasteiger partial charge in [0.2, 0.25) is 0 Å². The van der Waals surface area contributed by atoms with E-state index in [1.807, 2.05) is 12.1 Å². The maximum absolute atomic E-state index is 6.39. The monoisotopic (exact) mass is 663 g/mol. The number of furan rings is 1. The fourth-order valence-electron chi connectivity index (χ4n) is 7.73. The summed E-state index contributed by atoms with van der Waals surface area (Å²) < 4.78 is 6.39. The summed E-state index contributed by atoms with van der Waals surface area (Å²) >= 11 is 0. The minimum absolute atomic E-state index is 0.909. The average Bonchev–Trinajstić information content (AvgIpc) is 3.61. The molecule has 2 heteroatoms. The Labute approximate surface area is 302 Å². The predicted octanol–water partition coefficient (Wildman–Crippen LogP) is 14.4. The summed E-state index contributed by atoms with van der Waals surface area (Å²) in [4.78, 5) is 2.34. The summed E-state index contributed by atoms with van der Waals surface area (Å²) in [6, 6.07) is 71.6. The van der Waals surface area contributed by atoms with Gasteiger partial charge in [0.05, 0.1) is 0 Å². The zero-order valence-electron chi connectivity index (χ0n) is 28.4. The molecule has 0 unspecified atom stereocenters. The van der Waals surface area contributed by atoms with E-state index in [2.05, 4.69) is 193 Å². The molecule has 0 N–H and O–H groups in total. The average molecular weight is 664 g/mol. The second kappa shape index (κ2) is 12.5. The molecule has 1 aromatic heterocycles. The van der Waals surface area contributed by atoms with E-state index in [0.29, 0.717) is 0 Å². The Bertz CT molecular complexity index is 2870. The third kappa shape index (κ3) is 5.12. The van der Waals surface area contributed by atoms with Gasteiger partial charge in [0, 0.05) is 33.4 Å². The standard InChI is InChI=1S/C50H33NO/c1-2-11-34(12-3-1)35-21-27-39(28-22-35)51(40-29-23-36(24-30-40)43-18-10-19-47-46-17-8-9-20-49(46)52-50(43)47)41-31-25-37(26-32-41)48-33-38-13-4-5-14-42(38)44-15-6-7-16-45(44)48/h1-33H. The van der Waals surface area contributed by atoms with Gasteiger partial charge in [-0.3, -0.25) is 0 Å². The Kier molecular flexibility index (Phi) is 7.18. The summed E-state index contributed by atoms with van der Waals surface area (Å²) in [5, 5.41) is 7.34. The van der Waals surface area contributed by atoms with Gasteiger partial charge in [-0.25, -0.2) is 0 Å². The predicted molar refractivity (Wildman–Crippen MR) is 220 cm³/mol. The van der Waals surface area contributed by atoms with Gasteiger partial charge in [-0.05, 0) is 97.9 Å². The summed E-state index contributed by atoms with van der Waals surface area (Å²) in [7, 11) is 0. The third-order valence-electron chi connectivity index (χ3n) is 10.3. The number of rotatable bonds is 6. The normalized spacial score (nSPS) is 11.5. The van der Waals surface area contributed by atoms with Crippen LogP contribution in [0.2, 0.25) is 0 Å². The molecule has 0 bridgehead atoms.